The fraction of sp³-hybridized carbons (Fsp3) is 0.182. The number of nitrogens with one attached hydrogen (secondary N) is 1. The van der Waals surface area contributed by atoms with Gasteiger partial charge in [-0.2, -0.15) is 0 Å². The van der Waals surface area contributed by atoms with Crippen LogP contribution in [0.5, 0.6) is 0 Å². The molecular weight excluding hydrogens is 286 g/mol. The summed E-state index contributed by atoms with van der Waals surface area (Å²) in [6, 6.07) is 6.10. The number of amides is 1. The van der Waals surface area contributed by atoms with Gasteiger partial charge in [-0.05, 0) is 12.1 Å². The molecule has 0 bridgehead atoms. The van der Waals surface area contributed by atoms with Gasteiger partial charge in [-0.15, -0.1) is 10.2 Å². The van der Waals surface area contributed by atoms with Gasteiger partial charge in [0.15, 0.2) is 9.84 Å². The predicted octanol–water partition coefficient (Wildman–Crippen LogP) is 1.58. The predicted molar refractivity (Wildman–Crippen MR) is 72.0 cm³/mol. The Kier molecular flexibility index (Phi) is 3.91. The van der Waals surface area contributed by atoms with E-state index in [2.05, 4.69) is 15.5 Å². The van der Waals surface area contributed by atoms with Gasteiger partial charge in [-0.1, -0.05) is 30.4 Å². The van der Waals surface area contributed by atoms with Crippen LogP contribution in [0, 0.1) is 0 Å². The first-order valence-electron chi connectivity index (χ1n) is 5.44. The number of carbonyl (C=O) groups is 1. The molecule has 19 heavy (non-hydrogen) atoms. The maximum Gasteiger partial charge on any atom is 0.258 e. The first-order valence-corrected chi connectivity index (χ1v) is 7.97. The molecule has 8 heteroatoms. The lowest BCUT2D eigenvalue weighted by Gasteiger charge is -2.08. The Morgan fingerprint density at radius 2 is 2.11 bits per heavy atom. The third-order valence-corrected chi connectivity index (χ3v) is 4.82. The van der Waals surface area contributed by atoms with E-state index in [4.69, 9.17) is 0 Å². The van der Waals surface area contributed by atoms with Gasteiger partial charge in [0.05, 0.1) is 16.2 Å². The van der Waals surface area contributed by atoms with E-state index >= 15 is 0 Å². The molecule has 0 saturated carbocycles. The average Bonchev–Trinajstić information content (AvgIpc) is 2.91. The molecule has 6 nitrogen and oxygen atoms in total. The van der Waals surface area contributed by atoms with Crippen molar-refractivity contribution in [1.29, 1.82) is 0 Å². The lowest BCUT2D eigenvalue weighted by atomic mass is 10.2. The molecule has 1 N–H and O–H groups in total. The van der Waals surface area contributed by atoms with Crippen molar-refractivity contribution < 1.29 is 13.2 Å². The second-order valence-corrected chi connectivity index (χ2v) is 6.68. The molecule has 1 amide bonds. The molecule has 0 fully saturated rings. The van der Waals surface area contributed by atoms with Gasteiger partial charge in [-0.25, -0.2) is 8.42 Å². The number of sulfone groups is 1. The highest BCUT2D eigenvalue weighted by Crippen LogP contribution is 2.19. The fourth-order valence-corrected chi connectivity index (χ4v) is 3.01. The quantitative estimate of drug-likeness (QED) is 0.925. The summed E-state index contributed by atoms with van der Waals surface area (Å²) in [5.74, 6) is -0.569. The SMILES string of the molecule is CCS(=O)(=O)c1ccccc1C(=O)Nc1nncs1. The summed E-state index contributed by atoms with van der Waals surface area (Å²) in [5.41, 5.74) is 1.59. The first-order chi connectivity index (χ1) is 9.04. The Morgan fingerprint density at radius 3 is 2.74 bits per heavy atom. The van der Waals surface area contributed by atoms with E-state index in [1.165, 1.54) is 24.6 Å². The molecule has 0 aliphatic heterocycles. The van der Waals surface area contributed by atoms with Gasteiger partial charge in [0.25, 0.3) is 5.91 Å². The van der Waals surface area contributed by atoms with Crippen molar-refractivity contribution in [3.63, 3.8) is 0 Å². The molecule has 2 aromatic rings. The van der Waals surface area contributed by atoms with Crippen LogP contribution in [-0.2, 0) is 9.84 Å². The average molecular weight is 297 g/mol. The van der Waals surface area contributed by atoms with Crippen molar-refractivity contribution in [3.05, 3.63) is 35.3 Å². The second kappa shape index (κ2) is 5.45. The Labute approximate surface area is 114 Å². The first kappa shape index (κ1) is 13.6. The number of rotatable bonds is 4. The minimum absolute atomic E-state index is 0.0273. The lowest BCUT2D eigenvalue weighted by molar-refractivity contribution is 0.102. The topological polar surface area (TPSA) is 89.0 Å². The van der Waals surface area contributed by atoms with Crippen molar-refractivity contribution in [3.8, 4) is 0 Å². The molecule has 0 aliphatic carbocycles. The second-order valence-electron chi connectivity index (χ2n) is 3.60. The lowest BCUT2D eigenvalue weighted by Crippen LogP contribution is -2.17. The van der Waals surface area contributed by atoms with Gasteiger partial charge in [-0.3, -0.25) is 10.1 Å². The Balaban J connectivity index is 2.38. The Bertz CT molecular complexity index is 681. The monoisotopic (exact) mass is 297 g/mol. The van der Waals surface area contributed by atoms with Crippen molar-refractivity contribution in [2.24, 2.45) is 0 Å². The maximum atomic E-state index is 12.1. The third kappa shape index (κ3) is 2.96. The van der Waals surface area contributed by atoms with Crippen molar-refractivity contribution >= 4 is 32.2 Å². The summed E-state index contributed by atoms with van der Waals surface area (Å²) in [7, 11) is -3.45. The van der Waals surface area contributed by atoms with E-state index in [0.717, 1.165) is 11.3 Å². The van der Waals surface area contributed by atoms with Crippen LogP contribution in [-0.4, -0.2) is 30.3 Å². The van der Waals surface area contributed by atoms with E-state index in [1.807, 2.05) is 0 Å². The van der Waals surface area contributed by atoms with Gasteiger partial charge < -0.3 is 0 Å². The Morgan fingerprint density at radius 1 is 1.37 bits per heavy atom. The Hall–Kier alpha value is -1.80. The maximum absolute atomic E-state index is 12.1. The number of aromatic nitrogens is 2. The van der Waals surface area contributed by atoms with Crippen molar-refractivity contribution in [1.82, 2.24) is 10.2 Å². The summed E-state index contributed by atoms with van der Waals surface area (Å²) in [4.78, 5) is 12.1. The van der Waals surface area contributed by atoms with Crippen molar-refractivity contribution in [2.75, 3.05) is 11.1 Å². The molecule has 0 saturated heterocycles. The standard InChI is InChI=1S/C11H11N3O3S2/c1-2-19(16,17)9-6-4-3-5-8(9)10(15)13-11-14-12-7-18-11/h3-7H,2H2,1H3,(H,13,14,15). The van der Waals surface area contributed by atoms with Crippen LogP contribution in [0.1, 0.15) is 17.3 Å². The van der Waals surface area contributed by atoms with E-state index in [1.54, 1.807) is 12.1 Å². The molecule has 0 spiro atoms. The molecule has 1 aromatic carbocycles. The van der Waals surface area contributed by atoms with Gasteiger partial charge in [0, 0.05) is 0 Å². The van der Waals surface area contributed by atoms with Crippen LogP contribution in [0.25, 0.3) is 0 Å². The molecule has 100 valence electrons. The minimum Gasteiger partial charge on any atom is -0.296 e. The minimum atomic E-state index is -3.45. The van der Waals surface area contributed by atoms with Crippen molar-refractivity contribution in [2.45, 2.75) is 11.8 Å². The molecule has 0 radical (unpaired) electrons. The molecular formula is C11H11N3O3S2. The molecule has 2 rings (SSSR count). The molecule has 0 aliphatic rings. The molecule has 1 heterocycles. The van der Waals surface area contributed by atoms with Crippen LogP contribution >= 0.6 is 11.3 Å². The normalized spacial score (nSPS) is 11.2. The van der Waals surface area contributed by atoms with E-state index < -0.39 is 15.7 Å². The summed E-state index contributed by atoms with van der Waals surface area (Å²) in [6.45, 7) is 1.54. The number of hydrogen-bond acceptors (Lipinski definition) is 6. The highest BCUT2D eigenvalue weighted by molar-refractivity contribution is 7.91. The van der Waals surface area contributed by atoms with E-state index in [9.17, 15) is 13.2 Å². The van der Waals surface area contributed by atoms with Crippen LogP contribution in [0.2, 0.25) is 0 Å². The number of nitrogens with zero attached hydrogens (tertiary/aromatic N) is 2. The van der Waals surface area contributed by atoms with Crippen LogP contribution in [0.4, 0.5) is 5.13 Å². The fourth-order valence-electron chi connectivity index (χ4n) is 1.47. The number of anilines is 1. The summed E-state index contributed by atoms with van der Waals surface area (Å²) < 4.78 is 23.8. The number of hydrogen-bond donors (Lipinski definition) is 1. The zero-order valence-corrected chi connectivity index (χ0v) is 11.7. The zero-order valence-electron chi connectivity index (χ0n) is 10.0. The van der Waals surface area contributed by atoms with Gasteiger partial charge >= 0.3 is 0 Å². The van der Waals surface area contributed by atoms with Gasteiger partial charge in [0.2, 0.25) is 5.13 Å². The van der Waals surface area contributed by atoms with E-state index in [0.29, 0.717) is 5.13 Å². The van der Waals surface area contributed by atoms with Crippen LogP contribution < -0.4 is 5.32 Å². The molecule has 1 aromatic heterocycles. The van der Waals surface area contributed by atoms with E-state index in [-0.39, 0.29) is 16.2 Å². The summed E-state index contributed by atoms with van der Waals surface area (Å²) in [5, 5.41) is 10.1. The molecule has 0 unspecified atom stereocenters. The third-order valence-electron chi connectivity index (χ3n) is 2.43. The summed E-state index contributed by atoms with van der Waals surface area (Å²) in [6.07, 6.45) is 0. The highest BCUT2D eigenvalue weighted by atomic mass is 32.2. The van der Waals surface area contributed by atoms with Crippen LogP contribution in [0.3, 0.4) is 0 Å². The van der Waals surface area contributed by atoms with Gasteiger partial charge in [0.1, 0.15) is 5.51 Å². The smallest absolute Gasteiger partial charge is 0.258 e. The number of carbonyl (C=O) groups excluding carboxylic acids is 1. The zero-order chi connectivity index (χ0) is 13.9. The van der Waals surface area contributed by atoms with Crippen LogP contribution in [0.15, 0.2) is 34.7 Å². The largest absolute Gasteiger partial charge is 0.296 e. The highest BCUT2D eigenvalue weighted by Gasteiger charge is 2.20. The molecule has 0 atom stereocenters. The summed E-state index contributed by atoms with van der Waals surface area (Å²) >= 11 is 1.16. The number of benzene rings is 1.